The third kappa shape index (κ3) is 2.97. The molecule has 4 nitrogen and oxygen atoms in total. The molecule has 1 heterocycles. The van der Waals surface area contributed by atoms with Gasteiger partial charge in [-0.15, -0.1) is 0 Å². The van der Waals surface area contributed by atoms with E-state index in [2.05, 4.69) is 10.3 Å². The molecule has 3 N–H and O–H groups in total. The Bertz CT molecular complexity index is 302. The lowest BCUT2D eigenvalue weighted by Crippen LogP contribution is -2.29. The Kier molecular flexibility index (Phi) is 3.85. The summed E-state index contributed by atoms with van der Waals surface area (Å²) in [5.41, 5.74) is 1.49. The van der Waals surface area contributed by atoms with Crippen LogP contribution in [0, 0.1) is 6.92 Å². The maximum Gasteiger partial charge on any atom is 0.138 e. The smallest absolute Gasteiger partial charge is 0.138 e. The molecule has 0 aromatic carbocycles. The fraction of sp³-hybridized carbons (Fsp3) is 0.500. The summed E-state index contributed by atoms with van der Waals surface area (Å²) in [7, 11) is 0. The first kappa shape index (κ1) is 10.9. The number of hydrogen-bond acceptors (Lipinski definition) is 4. The molecule has 0 unspecified atom stereocenters. The van der Waals surface area contributed by atoms with Crippen LogP contribution in [0.2, 0.25) is 0 Å². The summed E-state index contributed by atoms with van der Waals surface area (Å²) < 4.78 is 0. The SMILES string of the molecule is Cc1ccc(O)c(CN[C@@H](C)CO)n1. The van der Waals surface area contributed by atoms with E-state index in [1.165, 1.54) is 0 Å². The van der Waals surface area contributed by atoms with Crippen molar-refractivity contribution < 1.29 is 10.2 Å². The zero-order valence-corrected chi connectivity index (χ0v) is 8.49. The van der Waals surface area contributed by atoms with Crippen molar-refractivity contribution in [3.63, 3.8) is 0 Å². The van der Waals surface area contributed by atoms with Crippen molar-refractivity contribution in [3.8, 4) is 5.75 Å². The number of nitrogens with zero attached hydrogens (tertiary/aromatic N) is 1. The van der Waals surface area contributed by atoms with Crippen LogP contribution in [0.3, 0.4) is 0 Å². The Morgan fingerprint density at radius 3 is 2.86 bits per heavy atom. The number of aliphatic hydroxyl groups excluding tert-OH is 1. The second-order valence-corrected chi connectivity index (χ2v) is 3.38. The highest BCUT2D eigenvalue weighted by atomic mass is 16.3. The highest BCUT2D eigenvalue weighted by Gasteiger charge is 2.04. The lowest BCUT2D eigenvalue weighted by atomic mass is 10.2. The summed E-state index contributed by atoms with van der Waals surface area (Å²) in [6.07, 6.45) is 0. The number of nitrogens with one attached hydrogen (secondary N) is 1. The van der Waals surface area contributed by atoms with E-state index in [1.54, 1.807) is 12.1 Å². The second kappa shape index (κ2) is 4.93. The lowest BCUT2D eigenvalue weighted by Gasteiger charge is -2.11. The van der Waals surface area contributed by atoms with Gasteiger partial charge in [0.05, 0.1) is 12.3 Å². The Morgan fingerprint density at radius 2 is 2.21 bits per heavy atom. The lowest BCUT2D eigenvalue weighted by molar-refractivity contribution is 0.250. The number of aromatic hydroxyl groups is 1. The number of rotatable bonds is 4. The number of aliphatic hydroxyl groups is 1. The van der Waals surface area contributed by atoms with Gasteiger partial charge in [0.1, 0.15) is 5.75 Å². The summed E-state index contributed by atoms with van der Waals surface area (Å²) in [4.78, 5) is 4.18. The van der Waals surface area contributed by atoms with Crippen LogP contribution in [0.15, 0.2) is 12.1 Å². The van der Waals surface area contributed by atoms with Gasteiger partial charge >= 0.3 is 0 Å². The van der Waals surface area contributed by atoms with Crippen molar-refractivity contribution in [2.45, 2.75) is 26.4 Å². The topological polar surface area (TPSA) is 65.4 Å². The first-order chi connectivity index (χ1) is 6.63. The molecule has 0 saturated carbocycles. The standard InChI is InChI=1S/C10H16N2O2/c1-7-3-4-10(14)9(12-7)5-11-8(2)6-13/h3-4,8,11,13-14H,5-6H2,1-2H3/t8-/m0/s1. The van der Waals surface area contributed by atoms with Crippen molar-refractivity contribution >= 4 is 0 Å². The van der Waals surface area contributed by atoms with Crippen LogP contribution in [-0.4, -0.2) is 27.8 Å². The predicted molar refractivity (Wildman–Crippen MR) is 54.0 cm³/mol. The molecule has 14 heavy (non-hydrogen) atoms. The molecule has 78 valence electrons. The maximum atomic E-state index is 9.46. The molecule has 0 aliphatic carbocycles. The van der Waals surface area contributed by atoms with Gasteiger partial charge in [-0.2, -0.15) is 0 Å². The van der Waals surface area contributed by atoms with Crippen molar-refractivity contribution in [1.29, 1.82) is 0 Å². The summed E-state index contributed by atoms with van der Waals surface area (Å²) in [6, 6.07) is 3.40. The van der Waals surface area contributed by atoms with Crippen molar-refractivity contribution in [2.75, 3.05) is 6.61 Å². The molecule has 0 aliphatic heterocycles. The Labute approximate surface area is 83.6 Å². The van der Waals surface area contributed by atoms with Crippen LogP contribution < -0.4 is 5.32 Å². The van der Waals surface area contributed by atoms with Gasteiger partial charge in [-0.25, -0.2) is 0 Å². The van der Waals surface area contributed by atoms with E-state index < -0.39 is 0 Å². The van der Waals surface area contributed by atoms with E-state index in [-0.39, 0.29) is 18.4 Å². The van der Waals surface area contributed by atoms with E-state index >= 15 is 0 Å². The van der Waals surface area contributed by atoms with Crippen LogP contribution in [0.1, 0.15) is 18.3 Å². The Balaban J connectivity index is 2.62. The molecule has 0 bridgehead atoms. The van der Waals surface area contributed by atoms with Gasteiger partial charge in [0.15, 0.2) is 0 Å². The van der Waals surface area contributed by atoms with Crippen molar-refractivity contribution in [1.82, 2.24) is 10.3 Å². The number of aromatic nitrogens is 1. The van der Waals surface area contributed by atoms with E-state index in [9.17, 15) is 5.11 Å². The minimum atomic E-state index is 0.0108. The third-order valence-electron chi connectivity index (χ3n) is 1.98. The highest BCUT2D eigenvalue weighted by molar-refractivity contribution is 5.27. The summed E-state index contributed by atoms with van der Waals surface area (Å²) in [6.45, 7) is 4.28. The van der Waals surface area contributed by atoms with Gasteiger partial charge in [0.2, 0.25) is 0 Å². The van der Waals surface area contributed by atoms with Crippen LogP contribution in [-0.2, 0) is 6.54 Å². The number of hydrogen-bond donors (Lipinski definition) is 3. The van der Waals surface area contributed by atoms with Crippen molar-refractivity contribution in [2.24, 2.45) is 0 Å². The van der Waals surface area contributed by atoms with Crippen LogP contribution in [0.25, 0.3) is 0 Å². The molecule has 1 rings (SSSR count). The van der Waals surface area contributed by atoms with E-state index in [4.69, 9.17) is 5.11 Å². The minimum Gasteiger partial charge on any atom is -0.506 e. The average molecular weight is 196 g/mol. The molecule has 4 heteroatoms. The summed E-state index contributed by atoms with van der Waals surface area (Å²) in [5.74, 6) is 0.188. The largest absolute Gasteiger partial charge is 0.506 e. The molecule has 0 aliphatic rings. The quantitative estimate of drug-likeness (QED) is 0.658. The van der Waals surface area contributed by atoms with E-state index in [0.717, 1.165) is 5.69 Å². The molecule has 1 aromatic rings. The van der Waals surface area contributed by atoms with Gasteiger partial charge in [-0.3, -0.25) is 4.98 Å². The van der Waals surface area contributed by atoms with Crippen LogP contribution in [0.4, 0.5) is 0 Å². The van der Waals surface area contributed by atoms with Crippen LogP contribution in [0.5, 0.6) is 5.75 Å². The second-order valence-electron chi connectivity index (χ2n) is 3.38. The van der Waals surface area contributed by atoms with Gasteiger partial charge in [0, 0.05) is 18.3 Å². The fourth-order valence-corrected chi connectivity index (χ4v) is 1.07. The molecular weight excluding hydrogens is 180 g/mol. The number of pyridine rings is 1. The minimum absolute atomic E-state index is 0.0108. The highest BCUT2D eigenvalue weighted by Crippen LogP contribution is 2.14. The van der Waals surface area contributed by atoms with Gasteiger partial charge in [-0.1, -0.05) is 0 Å². The molecule has 0 amide bonds. The summed E-state index contributed by atoms with van der Waals surface area (Å²) >= 11 is 0. The van der Waals surface area contributed by atoms with Gasteiger partial charge in [0.25, 0.3) is 0 Å². The number of aryl methyl sites for hydroxylation is 1. The molecule has 0 saturated heterocycles. The van der Waals surface area contributed by atoms with Gasteiger partial charge < -0.3 is 15.5 Å². The first-order valence-corrected chi connectivity index (χ1v) is 4.63. The molecule has 1 aromatic heterocycles. The predicted octanol–water partition coefficient (Wildman–Crippen LogP) is 0.566. The van der Waals surface area contributed by atoms with E-state index in [0.29, 0.717) is 12.2 Å². The Morgan fingerprint density at radius 1 is 1.50 bits per heavy atom. The normalized spacial score (nSPS) is 12.8. The third-order valence-corrected chi connectivity index (χ3v) is 1.98. The molecule has 0 fully saturated rings. The zero-order chi connectivity index (χ0) is 10.6. The fourth-order valence-electron chi connectivity index (χ4n) is 1.07. The average Bonchev–Trinajstić information content (AvgIpc) is 2.19. The molecule has 0 radical (unpaired) electrons. The first-order valence-electron chi connectivity index (χ1n) is 4.63. The monoisotopic (exact) mass is 196 g/mol. The van der Waals surface area contributed by atoms with Crippen molar-refractivity contribution in [3.05, 3.63) is 23.5 Å². The molecular formula is C10H16N2O2. The molecule has 1 atom stereocenters. The Hall–Kier alpha value is -1.13. The summed E-state index contributed by atoms with van der Waals surface area (Å²) in [5, 5.41) is 21.3. The van der Waals surface area contributed by atoms with E-state index in [1.807, 2.05) is 13.8 Å². The maximum absolute atomic E-state index is 9.46. The van der Waals surface area contributed by atoms with Gasteiger partial charge in [-0.05, 0) is 26.0 Å². The van der Waals surface area contributed by atoms with Crippen LogP contribution >= 0.6 is 0 Å². The zero-order valence-electron chi connectivity index (χ0n) is 8.49. The molecule has 0 spiro atoms.